The van der Waals surface area contributed by atoms with Gasteiger partial charge in [0, 0.05) is 24.4 Å². The van der Waals surface area contributed by atoms with Gasteiger partial charge in [0.1, 0.15) is 23.1 Å². The molecule has 6 nitrogen and oxygen atoms in total. The summed E-state index contributed by atoms with van der Waals surface area (Å²) in [6.45, 7) is 2.76. The molecule has 0 bridgehead atoms. The molecule has 0 atom stereocenters. The summed E-state index contributed by atoms with van der Waals surface area (Å²) in [5.41, 5.74) is 11.6. The van der Waals surface area contributed by atoms with Gasteiger partial charge in [-0.05, 0) is 25.1 Å². The van der Waals surface area contributed by atoms with E-state index in [1.807, 2.05) is 6.92 Å². The van der Waals surface area contributed by atoms with E-state index in [1.54, 1.807) is 54.7 Å². The topological polar surface area (TPSA) is 103 Å². The number of anilines is 1. The summed E-state index contributed by atoms with van der Waals surface area (Å²) in [5, 5.41) is 11.8. The molecule has 30 heavy (non-hydrogen) atoms. The average molecular weight is 423 g/mol. The summed E-state index contributed by atoms with van der Waals surface area (Å²) >= 11 is 0. The fourth-order valence-corrected chi connectivity index (χ4v) is 1.95. The fourth-order valence-electron chi connectivity index (χ4n) is 1.95. The summed E-state index contributed by atoms with van der Waals surface area (Å²) in [6, 6.07) is 16.3. The largest absolute Gasteiger partial charge is 1.00 e. The molecule has 154 valence electrons. The Balaban J connectivity index is 0. The molecule has 0 unspecified atom stereocenters. The molecule has 0 saturated carbocycles. The quantitative estimate of drug-likeness (QED) is 0.371. The van der Waals surface area contributed by atoms with E-state index < -0.39 is 0 Å². The number of allylic oxidation sites excluding steroid dienone is 1. The number of ether oxygens (including phenoxy) is 1. The summed E-state index contributed by atoms with van der Waals surface area (Å²) in [4.78, 5) is 0. The van der Waals surface area contributed by atoms with Crippen molar-refractivity contribution >= 4 is 5.82 Å². The van der Waals surface area contributed by atoms with Gasteiger partial charge in [-0.25, -0.2) is 13.5 Å². The smallest absolute Gasteiger partial charge is 1.00 e. The third-order valence-corrected chi connectivity index (χ3v) is 3.29. The zero-order chi connectivity index (χ0) is 21.5. The summed E-state index contributed by atoms with van der Waals surface area (Å²) in [6.07, 6.45) is 4.29. The molecule has 3 rings (SSSR count). The van der Waals surface area contributed by atoms with Gasteiger partial charge >= 0.3 is 29.6 Å². The normalized spacial score (nSPS) is 9.30. The number of nitrogen functional groups attached to an aromatic ring is 1. The standard InChI is InChI=1S/C9H8FN3.C7H8FN.C5H7NO.Na.H/c10-7-3-1-2-4-8(7)13-6-5-9(11)12-13;8-7-4-2-1-3-6(7)5-9;1-2-7-5-3-4-6;;/h1-6H,(H2,11,12);1-4H,5,9H2;3,5H,2H2,1H3;;/q;;;+1;-1/b;;5-3+;;. The molecule has 0 spiro atoms. The van der Waals surface area contributed by atoms with Gasteiger partial charge in [-0.1, -0.05) is 30.3 Å². The molecule has 1 aromatic heterocycles. The number of halogens is 2. The second-order valence-corrected chi connectivity index (χ2v) is 5.32. The number of nitrogens with zero attached hydrogens (tertiary/aromatic N) is 3. The van der Waals surface area contributed by atoms with E-state index >= 15 is 0 Å². The molecular weight excluding hydrogens is 399 g/mol. The van der Waals surface area contributed by atoms with Crippen LogP contribution in [0.4, 0.5) is 14.6 Å². The maximum Gasteiger partial charge on any atom is 1.00 e. The minimum atomic E-state index is -0.314. The molecule has 9 heteroatoms. The second-order valence-electron chi connectivity index (χ2n) is 5.32. The van der Waals surface area contributed by atoms with E-state index in [2.05, 4.69) is 9.84 Å². The predicted octanol–water partition coefficient (Wildman–Crippen LogP) is 1.05. The first-order chi connectivity index (χ1) is 14.0. The van der Waals surface area contributed by atoms with Crippen molar-refractivity contribution in [3.8, 4) is 11.8 Å². The van der Waals surface area contributed by atoms with E-state index in [-0.39, 0.29) is 49.2 Å². The minimum absolute atomic E-state index is 0. The van der Waals surface area contributed by atoms with Gasteiger partial charge < -0.3 is 17.6 Å². The van der Waals surface area contributed by atoms with E-state index in [1.165, 1.54) is 29.2 Å². The number of aromatic nitrogens is 2. The van der Waals surface area contributed by atoms with E-state index in [0.717, 1.165) is 0 Å². The van der Waals surface area contributed by atoms with Crippen LogP contribution in [0.3, 0.4) is 0 Å². The number of benzene rings is 2. The number of rotatable bonds is 4. The van der Waals surface area contributed by atoms with E-state index in [9.17, 15) is 8.78 Å². The van der Waals surface area contributed by atoms with Gasteiger partial charge in [0.25, 0.3) is 0 Å². The summed E-state index contributed by atoms with van der Waals surface area (Å²) in [7, 11) is 0. The Hall–Kier alpha value is -2.70. The van der Waals surface area contributed by atoms with Gasteiger partial charge in [-0.3, -0.25) is 0 Å². The van der Waals surface area contributed by atoms with Crippen LogP contribution in [0, 0.1) is 23.0 Å². The van der Waals surface area contributed by atoms with E-state index in [0.29, 0.717) is 23.7 Å². The number of hydrogen-bond donors (Lipinski definition) is 2. The molecular formula is C21H24F2N5NaO. The molecule has 0 saturated heterocycles. The first-order valence-electron chi connectivity index (χ1n) is 8.69. The van der Waals surface area contributed by atoms with Gasteiger partial charge in [-0.15, -0.1) is 0 Å². The SMILES string of the molecule is CCO/C=C/C#N.NCc1ccccc1F.Nc1ccn(-c2ccccc2F)n1.[H-].[Na+]. The van der Waals surface area contributed by atoms with E-state index in [4.69, 9.17) is 16.7 Å². The number of nitrogens with two attached hydrogens (primary N) is 2. The zero-order valence-electron chi connectivity index (χ0n) is 18.0. The van der Waals surface area contributed by atoms with Gasteiger partial charge in [0.05, 0.1) is 25.0 Å². The van der Waals surface area contributed by atoms with Crippen LogP contribution in [0.1, 0.15) is 13.9 Å². The predicted molar refractivity (Wildman–Crippen MR) is 110 cm³/mol. The van der Waals surface area contributed by atoms with Crippen LogP contribution in [0.15, 0.2) is 73.1 Å². The van der Waals surface area contributed by atoms with Crippen molar-refractivity contribution in [2.75, 3.05) is 12.3 Å². The maximum atomic E-state index is 13.2. The Morgan fingerprint density at radius 1 is 1.13 bits per heavy atom. The van der Waals surface area contributed by atoms with Crippen molar-refractivity contribution in [1.29, 1.82) is 5.26 Å². The van der Waals surface area contributed by atoms with Crippen LogP contribution in [0.25, 0.3) is 5.69 Å². The Morgan fingerprint density at radius 3 is 2.23 bits per heavy atom. The number of para-hydroxylation sites is 1. The Kier molecular flexibility index (Phi) is 14.7. The summed E-state index contributed by atoms with van der Waals surface area (Å²) in [5.74, 6) is -0.158. The van der Waals surface area contributed by atoms with Crippen LogP contribution >= 0.6 is 0 Å². The molecule has 2 aromatic carbocycles. The molecule has 3 aromatic rings. The number of nitriles is 1. The third-order valence-electron chi connectivity index (χ3n) is 3.29. The number of hydrogen-bond acceptors (Lipinski definition) is 5. The van der Waals surface area contributed by atoms with Crippen LogP contribution in [0.2, 0.25) is 0 Å². The van der Waals surface area contributed by atoms with Crippen molar-refractivity contribution in [2.45, 2.75) is 13.5 Å². The maximum absolute atomic E-state index is 13.2. The molecule has 1 heterocycles. The molecule has 0 aliphatic heterocycles. The fraction of sp³-hybridized carbons (Fsp3) is 0.143. The van der Waals surface area contributed by atoms with Crippen LogP contribution in [0.5, 0.6) is 0 Å². The average Bonchev–Trinajstić information content (AvgIpc) is 3.16. The molecule has 0 aliphatic carbocycles. The zero-order valence-corrected chi connectivity index (χ0v) is 19.0. The van der Waals surface area contributed by atoms with Crippen molar-refractivity contribution in [1.82, 2.24) is 9.78 Å². The second kappa shape index (κ2) is 16.1. The molecule has 0 fully saturated rings. The van der Waals surface area contributed by atoms with Crippen molar-refractivity contribution in [2.24, 2.45) is 5.73 Å². The third kappa shape index (κ3) is 10.2. The molecule has 0 radical (unpaired) electrons. The summed E-state index contributed by atoms with van der Waals surface area (Å²) < 4.78 is 31.8. The molecule has 0 amide bonds. The Bertz CT molecular complexity index is 947. The van der Waals surface area contributed by atoms with Crippen LogP contribution in [-0.2, 0) is 11.3 Å². The van der Waals surface area contributed by atoms with Crippen molar-refractivity contribution < 1.29 is 44.5 Å². The first-order valence-corrected chi connectivity index (χ1v) is 8.69. The minimum Gasteiger partial charge on any atom is -1.00 e. The Morgan fingerprint density at radius 2 is 1.77 bits per heavy atom. The van der Waals surface area contributed by atoms with Gasteiger partial charge in [-0.2, -0.15) is 10.4 Å². The van der Waals surface area contributed by atoms with Crippen molar-refractivity contribution in [3.05, 3.63) is 90.3 Å². The molecule has 0 aliphatic rings. The Labute approximate surface area is 198 Å². The van der Waals surface area contributed by atoms with Crippen molar-refractivity contribution in [3.63, 3.8) is 0 Å². The van der Waals surface area contributed by atoms with Gasteiger partial charge in [0.2, 0.25) is 0 Å². The monoisotopic (exact) mass is 423 g/mol. The first kappa shape index (κ1) is 27.3. The van der Waals surface area contributed by atoms with Gasteiger partial charge in [0.15, 0.2) is 0 Å². The van der Waals surface area contributed by atoms with Crippen LogP contribution in [-0.4, -0.2) is 16.4 Å². The molecule has 4 N–H and O–H groups in total. The van der Waals surface area contributed by atoms with Crippen LogP contribution < -0.4 is 41.0 Å².